The molecule has 0 spiro atoms. The first kappa shape index (κ1) is 16.1. The highest BCUT2D eigenvalue weighted by molar-refractivity contribution is 8.13. The van der Waals surface area contributed by atoms with Crippen LogP contribution in [0.1, 0.15) is 31.1 Å². The topological polar surface area (TPSA) is 34.1 Å². The summed E-state index contributed by atoms with van der Waals surface area (Å²) in [6, 6.07) is 1.53. The minimum absolute atomic E-state index is 0.0945. The molecule has 1 unspecified atom stereocenters. The molecule has 0 aliphatic rings. The molecule has 0 heterocycles. The summed E-state index contributed by atoms with van der Waals surface area (Å²) in [7, 11) is 0. The van der Waals surface area contributed by atoms with E-state index in [1.165, 1.54) is 0 Å². The van der Waals surface area contributed by atoms with E-state index in [9.17, 15) is 18.4 Å². The summed E-state index contributed by atoms with van der Waals surface area (Å²) >= 11 is 5.84. The van der Waals surface area contributed by atoms with Gasteiger partial charge in [-0.3, -0.25) is 9.59 Å². The van der Waals surface area contributed by atoms with Crippen molar-refractivity contribution in [3.8, 4) is 0 Å². The van der Waals surface area contributed by atoms with Gasteiger partial charge < -0.3 is 0 Å². The van der Waals surface area contributed by atoms with Gasteiger partial charge in [-0.2, -0.15) is 0 Å². The fraction of sp³-hybridized carbons (Fsp3) is 0.385. The summed E-state index contributed by atoms with van der Waals surface area (Å²) in [5.41, 5.74) is -0.435. The maximum absolute atomic E-state index is 13.6. The highest BCUT2D eigenvalue weighted by Crippen LogP contribution is 2.30. The SMILES string of the molecule is CC(C)C(C)C(=O)Sc1cc(C(=O)Cl)c(F)cc1F. The normalized spacial score (nSPS) is 12.6. The van der Waals surface area contributed by atoms with Crippen LogP contribution in [0.4, 0.5) is 8.78 Å². The van der Waals surface area contributed by atoms with E-state index in [0.717, 1.165) is 6.07 Å². The van der Waals surface area contributed by atoms with Crippen LogP contribution in [0.2, 0.25) is 0 Å². The summed E-state index contributed by atoms with van der Waals surface area (Å²) < 4.78 is 26.8. The Kier molecular flexibility index (Phi) is 5.50. The maximum atomic E-state index is 13.6. The van der Waals surface area contributed by atoms with Crippen molar-refractivity contribution in [2.75, 3.05) is 0 Å². The van der Waals surface area contributed by atoms with Crippen LogP contribution in [0.3, 0.4) is 0 Å². The van der Waals surface area contributed by atoms with E-state index in [1.54, 1.807) is 6.92 Å². The Morgan fingerprint density at radius 2 is 1.74 bits per heavy atom. The standard InChI is InChI=1S/C13H13ClF2O2S/c1-6(2)7(3)13(18)19-11-4-8(12(14)17)9(15)5-10(11)16/h4-7H,1-3H3. The quantitative estimate of drug-likeness (QED) is 0.616. The number of halogens is 3. The number of thioether (sulfide) groups is 1. The Bertz CT molecular complexity index is 518. The van der Waals surface area contributed by atoms with Crippen molar-refractivity contribution in [2.24, 2.45) is 11.8 Å². The summed E-state index contributed by atoms with van der Waals surface area (Å²) in [6.07, 6.45) is 0. The third kappa shape index (κ3) is 4.01. The average molecular weight is 307 g/mol. The van der Waals surface area contributed by atoms with E-state index in [4.69, 9.17) is 11.6 Å². The van der Waals surface area contributed by atoms with Gasteiger partial charge in [0.05, 0.1) is 10.5 Å². The molecule has 0 saturated heterocycles. The molecule has 0 radical (unpaired) electrons. The lowest BCUT2D eigenvalue weighted by Crippen LogP contribution is -2.13. The van der Waals surface area contributed by atoms with Crippen LogP contribution in [0.15, 0.2) is 17.0 Å². The van der Waals surface area contributed by atoms with Crippen LogP contribution in [-0.4, -0.2) is 10.4 Å². The smallest absolute Gasteiger partial charge is 0.255 e. The van der Waals surface area contributed by atoms with Gasteiger partial charge in [-0.25, -0.2) is 8.78 Å². The number of hydrogen-bond acceptors (Lipinski definition) is 3. The van der Waals surface area contributed by atoms with E-state index < -0.39 is 22.4 Å². The fourth-order valence-electron chi connectivity index (χ4n) is 1.23. The third-order valence-corrected chi connectivity index (χ3v) is 4.12. The highest BCUT2D eigenvalue weighted by Gasteiger charge is 2.21. The van der Waals surface area contributed by atoms with Gasteiger partial charge in [0.15, 0.2) is 5.12 Å². The van der Waals surface area contributed by atoms with Crippen LogP contribution >= 0.6 is 23.4 Å². The molecule has 1 aromatic rings. The van der Waals surface area contributed by atoms with Crippen LogP contribution in [0.25, 0.3) is 0 Å². The average Bonchev–Trinajstić information content (AvgIpc) is 2.30. The molecule has 19 heavy (non-hydrogen) atoms. The third-order valence-electron chi connectivity index (χ3n) is 2.82. The van der Waals surface area contributed by atoms with Gasteiger partial charge in [0.2, 0.25) is 0 Å². The zero-order chi connectivity index (χ0) is 14.7. The lowest BCUT2D eigenvalue weighted by Gasteiger charge is -2.13. The second-order valence-corrected chi connectivity index (χ2v) is 5.88. The van der Waals surface area contributed by atoms with E-state index >= 15 is 0 Å². The van der Waals surface area contributed by atoms with Gasteiger partial charge >= 0.3 is 0 Å². The Morgan fingerprint density at radius 3 is 2.21 bits per heavy atom. The second kappa shape index (κ2) is 6.48. The van der Waals surface area contributed by atoms with Crippen LogP contribution < -0.4 is 0 Å². The predicted molar refractivity (Wildman–Crippen MR) is 71.4 cm³/mol. The minimum Gasteiger partial charge on any atom is -0.287 e. The molecule has 1 rings (SSSR count). The van der Waals surface area contributed by atoms with E-state index in [1.807, 2.05) is 13.8 Å². The van der Waals surface area contributed by atoms with Gasteiger partial charge in [-0.05, 0) is 35.3 Å². The zero-order valence-electron chi connectivity index (χ0n) is 10.7. The molecule has 0 N–H and O–H groups in total. The monoisotopic (exact) mass is 306 g/mol. The van der Waals surface area contributed by atoms with Crippen molar-refractivity contribution in [1.29, 1.82) is 0 Å². The van der Waals surface area contributed by atoms with Gasteiger partial charge in [0, 0.05) is 12.0 Å². The number of benzene rings is 1. The van der Waals surface area contributed by atoms with Crippen molar-refractivity contribution < 1.29 is 18.4 Å². The van der Waals surface area contributed by atoms with Crippen LogP contribution in [-0.2, 0) is 4.79 Å². The predicted octanol–water partition coefficient (Wildman–Crippen LogP) is 4.25. The number of carbonyl (C=O) groups excluding carboxylic acids is 2. The Balaban J connectivity index is 3.05. The molecule has 6 heteroatoms. The number of rotatable bonds is 4. The lowest BCUT2D eigenvalue weighted by molar-refractivity contribution is -0.115. The molecule has 0 aliphatic heterocycles. The first-order valence-electron chi connectivity index (χ1n) is 5.64. The van der Waals surface area contributed by atoms with Crippen LogP contribution in [0.5, 0.6) is 0 Å². The first-order valence-corrected chi connectivity index (χ1v) is 6.84. The molecular weight excluding hydrogens is 294 g/mol. The highest BCUT2D eigenvalue weighted by atomic mass is 35.5. The molecule has 1 atom stereocenters. The Morgan fingerprint density at radius 1 is 1.16 bits per heavy atom. The van der Waals surface area contributed by atoms with Crippen molar-refractivity contribution in [2.45, 2.75) is 25.7 Å². The number of hydrogen-bond donors (Lipinski definition) is 0. The fourth-order valence-corrected chi connectivity index (χ4v) is 2.38. The van der Waals surface area contributed by atoms with Crippen molar-refractivity contribution in [1.82, 2.24) is 0 Å². The summed E-state index contributed by atoms with van der Waals surface area (Å²) in [5.74, 6) is -2.08. The molecule has 0 aromatic heterocycles. The molecule has 2 nitrogen and oxygen atoms in total. The molecular formula is C13H13ClF2O2S. The van der Waals surface area contributed by atoms with Gasteiger partial charge in [0.1, 0.15) is 11.6 Å². The van der Waals surface area contributed by atoms with Crippen molar-refractivity contribution in [3.63, 3.8) is 0 Å². The molecule has 0 aliphatic carbocycles. The Hall–Kier alpha value is -0.940. The molecule has 0 amide bonds. The minimum atomic E-state index is -1.04. The largest absolute Gasteiger partial charge is 0.287 e. The lowest BCUT2D eigenvalue weighted by atomic mass is 10.0. The molecule has 104 valence electrons. The van der Waals surface area contributed by atoms with Gasteiger partial charge in [0.25, 0.3) is 5.24 Å². The summed E-state index contributed by atoms with van der Waals surface area (Å²) in [5, 5.41) is -1.27. The Labute approximate surface area is 119 Å². The zero-order valence-corrected chi connectivity index (χ0v) is 12.2. The van der Waals surface area contributed by atoms with Gasteiger partial charge in [-0.1, -0.05) is 20.8 Å². The van der Waals surface area contributed by atoms with E-state index in [0.29, 0.717) is 17.8 Å². The first-order chi connectivity index (χ1) is 8.73. The van der Waals surface area contributed by atoms with Crippen molar-refractivity contribution >= 4 is 33.7 Å². The van der Waals surface area contributed by atoms with E-state index in [2.05, 4.69) is 0 Å². The van der Waals surface area contributed by atoms with Crippen LogP contribution in [0, 0.1) is 23.5 Å². The summed E-state index contributed by atoms with van der Waals surface area (Å²) in [4.78, 5) is 22.7. The maximum Gasteiger partial charge on any atom is 0.255 e. The molecule has 0 fully saturated rings. The van der Waals surface area contributed by atoms with Crippen molar-refractivity contribution in [3.05, 3.63) is 29.3 Å². The summed E-state index contributed by atoms with van der Waals surface area (Å²) in [6.45, 7) is 5.48. The number of carbonyl (C=O) groups is 2. The van der Waals surface area contributed by atoms with E-state index in [-0.39, 0.29) is 21.8 Å². The molecule has 0 bridgehead atoms. The second-order valence-electron chi connectivity index (χ2n) is 4.49. The van der Waals surface area contributed by atoms with Gasteiger partial charge in [-0.15, -0.1) is 0 Å². The molecule has 0 saturated carbocycles. The molecule has 1 aromatic carbocycles.